The standard InChI is InChI=1S/C34H46FN3O5S/c1-10-25-19-24(20-29(35)32(25)37-44(9,40)41)22-36-31(39)14-12-26-11-13-27(33(3,4)5)21-30(26)42-28-15-17-38(18-16-28)23(2)43-34(6,7)8/h10-14,19-21,28,37H,1-2,15-18,22H2,3-9H3,(H,36,39)/b14-12+. The Bertz CT molecular complexity index is 1510. The Kier molecular flexibility index (Phi) is 10.9. The van der Waals surface area contributed by atoms with E-state index in [0.717, 1.165) is 43.3 Å². The van der Waals surface area contributed by atoms with Crippen molar-refractivity contribution < 1.29 is 27.1 Å². The number of nitrogens with zero attached hydrogens (tertiary/aromatic N) is 1. The molecule has 2 aromatic rings. The number of carbonyl (C=O) groups excluding carboxylic acids is 1. The maximum atomic E-state index is 14.7. The Morgan fingerprint density at radius 2 is 1.75 bits per heavy atom. The summed E-state index contributed by atoms with van der Waals surface area (Å²) in [6.45, 7) is 21.7. The van der Waals surface area contributed by atoms with Crippen molar-refractivity contribution in [3.8, 4) is 5.75 Å². The average Bonchev–Trinajstić information content (AvgIpc) is 2.90. The summed E-state index contributed by atoms with van der Waals surface area (Å²) >= 11 is 0. The number of amides is 1. The van der Waals surface area contributed by atoms with Crippen molar-refractivity contribution in [3.05, 3.63) is 83.5 Å². The number of nitrogens with one attached hydrogen (secondary N) is 2. The smallest absolute Gasteiger partial charge is 0.244 e. The third-order valence-corrected chi connectivity index (χ3v) is 7.54. The Balaban J connectivity index is 1.70. The van der Waals surface area contributed by atoms with Crippen molar-refractivity contribution in [2.24, 2.45) is 0 Å². The summed E-state index contributed by atoms with van der Waals surface area (Å²) in [5.74, 6) is 0.243. The molecule has 0 aliphatic carbocycles. The van der Waals surface area contributed by atoms with Gasteiger partial charge >= 0.3 is 0 Å². The summed E-state index contributed by atoms with van der Waals surface area (Å²) in [5.41, 5.74) is 2.04. The molecule has 1 amide bonds. The van der Waals surface area contributed by atoms with Crippen molar-refractivity contribution in [3.63, 3.8) is 0 Å². The van der Waals surface area contributed by atoms with Crippen LogP contribution in [-0.2, 0) is 31.5 Å². The Hall–Kier alpha value is -3.79. The topological polar surface area (TPSA) is 97.0 Å². The van der Waals surface area contributed by atoms with Crippen molar-refractivity contribution in [1.29, 1.82) is 0 Å². The maximum Gasteiger partial charge on any atom is 0.244 e. The molecule has 1 aliphatic heterocycles. The number of hydrogen-bond acceptors (Lipinski definition) is 6. The van der Waals surface area contributed by atoms with Gasteiger partial charge in [-0.1, -0.05) is 45.6 Å². The van der Waals surface area contributed by atoms with Gasteiger partial charge in [-0.25, -0.2) is 12.8 Å². The van der Waals surface area contributed by atoms with Crippen LogP contribution in [0.3, 0.4) is 0 Å². The molecule has 8 nitrogen and oxygen atoms in total. The molecule has 44 heavy (non-hydrogen) atoms. The lowest BCUT2D eigenvalue weighted by molar-refractivity contribution is -0.116. The van der Waals surface area contributed by atoms with Crippen LogP contribution in [-0.4, -0.2) is 50.3 Å². The highest BCUT2D eigenvalue weighted by Crippen LogP contribution is 2.32. The fraction of sp³-hybridized carbons (Fsp3) is 0.441. The number of anilines is 1. The first kappa shape index (κ1) is 34.7. The van der Waals surface area contributed by atoms with Gasteiger partial charge in [0.15, 0.2) is 5.88 Å². The van der Waals surface area contributed by atoms with Gasteiger partial charge in [0.2, 0.25) is 15.9 Å². The van der Waals surface area contributed by atoms with E-state index in [2.05, 4.69) is 48.9 Å². The molecule has 0 radical (unpaired) electrons. The van der Waals surface area contributed by atoms with Gasteiger partial charge in [-0.05, 0) is 68.2 Å². The van der Waals surface area contributed by atoms with Gasteiger partial charge in [0.05, 0.1) is 11.9 Å². The first-order valence-corrected chi connectivity index (χ1v) is 16.6. The lowest BCUT2D eigenvalue weighted by Gasteiger charge is -2.36. The lowest BCUT2D eigenvalue weighted by Crippen LogP contribution is -2.39. The Morgan fingerprint density at radius 3 is 2.32 bits per heavy atom. The van der Waals surface area contributed by atoms with E-state index in [0.29, 0.717) is 17.2 Å². The van der Waals surface area contributed by atoms with Gasteiger partial charge in [-0.3, -0.25) is 9.52 Å². The van der Waals surface area contributed by atoms with Crippen LogP contribution in [0.15, 0.2) is 55.4 Å². The number of hydrogen-bond donors (Lipinski definition) is 2. The van der Waals surface area contributed by atoms with Gasteiger partial charge < -0.3 is 19.7 Å². The molecule has 1 fully saturated rings. The number of rotatable bonds is 11. The molecule has 0 aromatic heterocycles. The molecular formula is C34H46FN3O5S. The first-order chi connectivity index (χ1) is 20.3. The van der Waals surface area contributed by atoms with E-state index >= 15 is 0 Å². The van der Waals surface area contributed by atoms with Crippen molar-refractivity contribution in [2.45, 2.75) is 78.0 Å². The van der Waals surface area contributed by atoms with Gasteiger partial charge in [0.25, 0.3) is 0 Å². The Labute approximate surface area is 262 Å². The lowest BCUT2D eigenvalue weighted by atomic mass is 9.86. The molecule has 1 heterocycles. The van der Waals surface area contributed by atoms with E-state index < -0.39 is 15.8 Å². The number of piperidine rings is 1. The zero-order chi connectivity index (χ0) is 32.9. The largest absolute Gasteiger partial charge is 0.490 e. The maximum absolute atomic E-state index is 14.7. The second-order valence-corrected chi connectivity index (χ2v) is 14.8. The quantitative estimate of drug-likeness (QED) is 0.215. The van der Waals surface area contributed by atoms with E-state index in [-0.39, 0.29) is 40.8 Å². The molecule has 1 saturated heterocycles. The van der Waals surface area contributed by atoms with E-state index in [1.54, 1.807) is 12.1 Å². The van der Waals surface area contributed by atoms with Crippen LogP contribution in [0.1, 0.15) is 76.6 Å². The van der Waals surface area contributed by atoms with Crippen LogP contribution in [0.4, 0.5) is 10.1 Å². The molecule has 0 spiro atoms. The van der Waals surface area contributed by atoms with Crippen LogP contribution in [0, 0.1) is 5.82 Å². The molecule has 0 saturated carbocycles. The molecule has 0 unspecified atom stereocenters. The summed E-state index contributed by atoms with van der Waals surface area (Å²) in [6, 6.07) is 8.77. The Morgan fingerprint density at radius 1 is 1.09 bits per heavy atom. The zero-order valence-corrected chi connectivity index (χ0v) is 27.7. The van der Waals surface area contributed by atoms with Crippen molar-refractivity contribution >= 4 is 33.8 Å². The minimum absolute atomic E-state index is 0.000934. The third-order valence-electron chi connectivity index (χ3n) is 6.96. The molecule has 2 N–H and O–H groups in total. The van der Waals surface area contributed by atoms with Crippen LogP contribution >= 0.6 is 0 Å². The highest BCUT2D eigenvalue weighted by Gasteiger charge is 2.25. The molecule has 10 heteroatoms. The van der Waals surface area contributed by atoms with Gasteiger partial charge in [0.1, 0.15) is 23.3 Å². The molecule has 2 aromatic carbocycles. The van der Waals surface area contributed by atoms with Gasteiger partial charge in [0, 0.05) is 49.7 Å². The first-order valence-electron chi connectivity index (χ1n) is 14.7. The average molecular weight is 628 g/mol. The van der Waals surface area contributed by atoms with E-state index in [1.165, 1.54) is 18.2 Å². The van der Waals surface area contributed by atoms with Crippen LogP contribution in [0.2, 0.25) is 0 Å². The second kappa shape index (κ2) is 13.9. The van der Waals surface area contributed by atoms with E-state index in [1.807, 2.05) is 39.0 Å². The molecule has 3 rings (SSSR count). The normalized spacial score (nSPS) is 14.8. The van der Waals surface area contributed by atoms with E-state index in [4.69, 9.17) is 9.47 Å². The van der Waals surface area contributed by atoms with Crippen LogP contribution < -0.4 is 14.8 Å². The van der Waals surface area contributed by atoms with Crippen LogP contribution in [0.5, 0.6) is 5.75 Å². The fourth-order valence-electron chi connectivity index (χ4n) is 4.72. The van der Waals surface area contributed by atoms with Crippen molar-refractivity contribution in [1.82, 2.24) is 10.2 Å². The fourth-order valence-corrected chi connectivity index (χ4v) is 5.30. The highest BCUT2D eigenvalue weighted by molar-refractivity contribution is 7.92. The molecule has 1 aliphatic rings. The predicted octanol–water partition coefficient (Wildman–Crippen LogP) is 6.60. The SMILES string of the molecule is C=Cc1cc(CNC(=O)/C=C/c2ccc(C(C)(C)C)cc2OC2CCN(C(=C)OC(C)(C)C)CC2)cc(F)c1NS(C)(=O)=O. The number of carbonyl (C=O) groups is 1. The summed E-state index contributed by atoms with van der Waals surface area (Å²) in [7, 11) is -3.68. The summed E-state index contributed by atoms with van der Waals surface area (Å²) < 4.78 is 52.5. The van der Waals surface area contributed by atoms with Gasteiger partial charge in [-0.2, -0.15) is 0 Å². The monoisotopic (exact) mass is 627 g/mol. The number of ether oxygens (including phenoxy) is 2. The zero-order valence-electron chi connectivity index (χ0n) is 26.9. The minimum atomic E-state index is -3.68. The summed E-state index contributed by atoms with van der Waals surface area (Å²) in [6.07, 6.45) is 7.02. The van der Waals surface area contributed by atoms with Crippen molar-refractivity contribution in [2.75, 3.05) is 24.1 Å². The molecule has 0 atom stereocenters. The summed E-state index contributed by atoms with van der Waals surface area (Å²) in [4.78, 5) is 14.9. The molecule has 240 valence electrons. The third kappa shape index (κ3) is 10.4. The number of sulfonamides is 1. The number of halogens is 1. The number of likely N-dealkylation sites (tertiary alicyclic amines) is 1. The second-order valence-electron chi connectivity index (χ2n) is 13.1. The van der Waals surface area contributed by atoms with E-state index in [9.17, 15) is 17.6 Å². The summed E-state index contributed by atoms with van der Waals surface area (Å²) in [5, 5.41) is 2.75. The van der Waals surface area contributed by atoms with Gasteiger partial charge in [-0.15, -0.1) is 0 Å². The van der Waals surface area contributed by atoms with Crippen LogP contribution in [0.25, 0.3) is 12.2 Å². The molecule has 0 bridgehead atoms. The molecular weight excluding hydrogens is 581 g/mol. The highest BCUT2D eigenvalue weighted by atomic mass is 32.2. The predicted molar refractivity (Wildman–Crippen MR) is 176 cm³/mol. The minimum Gasteiger partial charge on any atom is -0.490 e. The number of benzene rings is 2.